The number of likely N-dealkylation sites (tertiary alicyclic amines) is 3. The zero-order valence-corrected chi connectivity index (χ0v) is 31.5. The highest BCUT2D eigenvalue weighted by molar-refractivity contribution is 6.05. The number of nitrogens with zero attached hydrogens (tertiary/aromatic N) is 7. The molecule has 3 fully saturated rings. The van der Waals surface area contributed by atoms with E-state index in [9.17, 15) is 14.4 Å². The highest BCUT2D eigenvalue weighted by atomic mass is 16.2. The predicted molar refractivity (Wildman–Crippen MR) is 211 cm³/mol. The molecule has 2 spiro atoms. The van der Waals surface area contributed by atoms with Crippen LogP contribution in [-0.2, 0) is 20.4 Å². The number of fused-ring (bicyclic) bond motifs is 7. The van der Waals surface area contributed by atoms with E-state index in [1.54, 1.807) is 12.4 Å². The fourth-order valence-corrected chi connectivity index (χ4v) is 9.08. The summed E-state index contributed by atoms with van der Waals surface area (Å²) < 4.78 is 1.90. The molecule has 0 saturated carbocycles. The molecule has 54 heavy (non-hydrogen) atoms. The van der Waals surface area contributed by atoms with Crippen molar-refractivity contribution in [1.82, 2.24) is 39.2 Å². The number of rotatable bonds is 1. The maximum atomic E-state index is 12.4. The van der Waals surface area contributed by atoms with Gasteiger partial charge in [-0.3, -0.25) is 19.1 Å². The highest BCUT2D eigenvalue weighted by Gasteiger charge is 2.48. The minimum atomic E-state index is -0.309. The van der Waals surface area contributed by atoms with Gasteiger partial charge in [-0.1, -0.05) is 30.3 Å². The maximum absolute atomic E-state index is 12.4. The van der Waals surface area contributed by atoms with Crippen LogP contribution in [0.3, 0.4) is 0 Å². The third kappa shape index (κ3) is 6.69. The van der Waals surface area contributed by atoms with Gasteiger partial charge in [-0.25, -0.2) is 14.8 Å². The normalized spacial score (nSPS) is 21.1. The van der Waals surface area contributed by atoms with E-state index in [2.05, 4.69) is 72.5 Å². The molecule has 3 N–H and O–H groups in total. The standard InChI is InChI=1S/C16H18N4O.C13H17N3O.C12H15N3O/c1-19-8-6-11(7-9-19)20-14-10-17-13-5-3-2-4-12(13)15(14)18-16(20)21;1-16-7-4-13(5-8-16)9-11(17)15-12-10(13)3-2-6-14-12;1-15-7-4-12(5-8-15)9-3-2-6-13-10(9)14-11(12)16/h2-5,10-11H,6-9H2,1H3,(H,18,21);2-3,6H,4-5,7-9H2,1H3,(H,14,15,17);2-3,6H,4-5,7-8H2,1H3,(H,13,14,16). The average molecular weight is 731 g/mol. The minimum absolute atomic E-state index is 0.0160. The molecule has 1 aromatic carbocycles. The van der Waals surface area contributed by atoms with E-state index in [1.165, 1.54) is 5.56 Å². The molecule has 5 aliphatic heterocycles. The number of nitrogens with one attached hydrogen (secondary N) is 3. The van der Waals surface area contributed by atoms with Gasteiger partial charge in [0.05, 0.1) is 28.2 Å². The maximum Gasteiger partial charge on any atom is 0.326 e. The van der Waals surface area contributed by atoms with Crippen molar-refractivity contribution in [2.45, 2.75) is 61.8 Å². The van der Waals surface area contributed by atoms with Crippen LogP contribution in [0.4, 0.5) is 11.6 Å². The van der Waals surface area contributed by atoms with Crippen LogP contribution in [0.25, 0.3) is 21.9 Å². The van der Waals surface area contributed by atoms with E-state index in [4.69, 9.17) is 0 Å². The van der Waals surface area contributed by atoms with Crippen LogP contribution in [0, 0.1) is 0 Å². The molecule has 13 nitrogen and oxygen atoms in total. The molecule has 0 bridgehead atoms. The van der Waals surface area contributed by atoms with E-state index in [1.807, 2.05) is 53.2 Å². The summed E-state index contributed by atoms with van der Waals surface area (Å²) in [5.74, 6) is 1.78. The Morgan fingerprint density at radius 3 is 2.00 bits per heavy atom. The fraction of sp³-hybridized carbons (Fsp3) is 0.463. The Balaban J connectivity index is 0.000000116. The van der Waals surface area contributed by atoms with Crippen LogP contribution in [0.1, 0.15) is 62.1 Å². The van der Waals surface area contributed by atoms with Crippen molar-refractivity contribution in [3.05, 3.63) is 88.7 Å². The Labute approximate surface area is 315 Å². The number of aromatic nitrogens is 5. The molecule has 282 valence electrons. The second-order valence-electron chi connectivity index (χ2n) is 15.8. The molecule has 0 unspecified atom stereocenters. The van der Waals surface area contributed by atoms with Crippen molar-refractivity contribution < 1.29 is 9.59 Å². The Bertz CT molecular complexity index is 2220. The first-order valence-corrected chi connectivity index (χ1v) is 19.2. The Morgan fingerprint density at radius 2 is 1.30 bits per heavy atom. The summed E-state index contributed by atoms with van der Waals surface area (Å²) in [4.78, 5) is 59.4. The Hall–Kier alpha value is -4.98. The van der Waals surface area contributed by atoms with Gasteiger partial charge in [-0.15, -0.1) is 0 Å². The van der Waals surface area contributed by atoms with Gasteiger partial charge in [-0.2, -0.15) is 0 Å². The van der Waals surface area contributed by atoms with Gasteiger partial charge in [0.1, 0.15) is 11.6 Å². The average Bonchev–Trinajstić information content (AvgIpc) is 3.67. The summed E-state index contributed by atoms with van der Waals surface area (Å²) in [6.45, 7) is 6.13. The van der Waals surface area contributed by atoms with Crippen LogP contribution in [0.2, 0.25) is 0 Å². The molecular formula is C41H50N10O3. The number of hydrogen-bond acceptors (Lipinski definition) is 9. The number of imidazole rings is 1. The molecule has 10 rings (SSSR count). The molecule has 2 amide bonds. The van der Waals surface area contributed by atoms with Crippen molar-refractivity contribution in [3.63, 3.8) is 0 Å². The Morgan fingerprint density at radius 1 is 0.685 bits per heavy atom. The summed E-state index contributed by atoms with van der Waals surface area (Å²) in [5, 5.41) is 6.80. The van der Waals surface area contributed by atoms with Gasteiger partial charge in [0.2, 0.25) is 11.8 Å². The van der Waals surface area contributed by atoms with Gasteiger partial charge in [-0.05, 0) is 117 Å². The zero-order valence-electron chi connectivity index (χ0n) is 31.5. The molecule has 0 aliphatic carbocycles. The van der Waals surface area contributed by atoms with Crippen molar-refractivity contribution >= 4 is 45.4 Å². The van der Waals surface area contributed by atoms with Crippen LogP contribution in [-0.4, -0.2) is 111 Å². The molecule has 4 aromatic heterocycles. The van der Waals surface area contributed by atoms with Gasteiger partial charge in [0.15, 0.2) is 0 Å². The lowest BCUT2D eigenvalue weighted by molar-refractivity contribution is -0.122. The van der Waals surface area contributed by atoms with E-state index in [-0.39, 0.29) is 34.4 Å². The van der Waals surface area contributed by atoms with Crippen LogP contribution >= 0.6 is 0 Å². The van der Waals surface area contributed by atoms with Crippen LogP contribution in [0.15, 0.2) is 71.9 Å². The number of piperidine rings is 3. The lowest BCUT2D eigenvalue weighted by Crippen LogP contribution is -2.45. The number of carbonyl (C=O) groups is 2. The summed E-state index contributed by atoms with van der Waals surface area (Å²) in [7, 11) is 6.37. The van der Waals surface area contributed by atoms with E-state index < -0.39 is 0 Å². The largest absolute Gasteiger partial charge is 0.326 e. The molecule has 9 heterocycles. The van der Waals surface area contributed by atoms with E-state index in [0.717, 1.165) is 117 Å². The van der Waals surface area contributed by atoms with Crippen molar-refractivity contribution in [2.75, 3.05) is 71.0 Å². The van der Waals surface area contributed by atoms with E-state index in [0.29, 0.717) is 6.42 Å². The zero-order chi connectivity index (χ0) is 37.5. The SMILES string of the molecule is CN1CCC(n2c(=O)[nH]c3c4ccccc4ncc32)CC1.CN1CCC2(CC1)C(=O)Nc1ncccc12.CN1CCC2(CC1)CC(=O)Nc1ncccc12. The third-order valence-corrected chi connectivity index (χ3v) is 12.4. The lowest BCUT2D eigenvalue weighted by atomic mass is 9.69. The van der Waals surface area contributed by atoms with Gasteiger partial charge in [0, 0.05) is 46.8 Å². The number of amides is 2. The quantitative estimate of drug-likeness (QED) is 0.227. The smallest absolute Gasteiger partial charge is 0.310 e. The van der Waals surface area contributed by atoms with Crippen LogP contribution < -0.4 is 16.3 Å². The first-order chi connectivity index (χ1) is 26.2. The molecule has 3 saturated heterocycles. The number of carbonyl (C=O) groups excluding carboxylic acids is 2. The highest BCUT2D eigenvalue weighted by Crippen LogP contribution is 2.45. The molecule has 5 aromatic rings. The summed E-state index contributed by atoms with van der Waals surface area (Å²) >= 11 is 0. The van der Waals surface area contributed by atoms with E-state index >= 15 is 0 Å². The Kier molecular flexibility index (Phi) is 9.80. The van der Waals surface area contributed by atoms with Crippen molar-refractivity contribution in [1.29, 1.82) is 0 Å². The summed E-state index contributed by atoms with van der Waals surface area (Å²) in [5.41, 5.74) is 4.77. The third-order valence-electron chi connectivity index (χ3n) is 12.4. The van der Waals surface area contributed by atoms with Crippen molar-refractivity contribution in [2.24, 2.45) is 0 Å². The first-order valence-electron chi connectivity index (χ1n) is 19.2. The fourth-order valence-electron chi connectivity index (χ4n) is 9.08. The number of H-pyrrole nitrogens is 1. The topological polar surface area (TPSA) is 144 Å². The lowest BCUT2D eigenvalue weighted by Gasteiger charge is -2.43. The molecule has 0 atom stereocenters. The molecule has 0 radical (unpaired) electrons. The van der Waals surface area contributed by atoms with Gasteiger partial charge < -0.3 is 30.3 Å². The number of aromatic amines is 1. The van der Waals surface area contributed by atoms with Crippen molar-refractivity contribution in [3.8, 4) is 0 Å². The number of pyridine rings is 3. The number of benzene rings is 1. The molecular weight excluding hydrogens is 681 g/mol. The van der Waals surface area contributed by atoms with Gasteiger partial charge in [0.25, 0.3) is 0 Å². The second kappa shape index (κ2) is 14.7. The van der Waals surface area contributed by atoms with Gasteiger partial charge >= 0.3 is 5.69 Å². The summed E-state index contributed by atoms with van der Waals surface area (Å²) in [6, 6.07) is 16.2. The van der Waals surface area contributed by atoms with Crippen LogP contribution in [0.5, 0.6) is 0 Å². The predicted octanol–water partition coefficient (Wildman–Crippen LogP) is 4.53. The second-order valence-corrected chi connectivity index (χ2v) is 15.8. The minimum Gasteiger partial charge on any atom is -0.310 e. The number of hydrogen-bond donors (Lipinski definition) is 3. The number of anilines is 2. The molecule has 13 heteroatoms. The monoisotopic (exact) mass is 730 g/mol. The summed E-state index contributed by atoms with van der Waals surface area (Å²) in [6.07, 6.45) is 11.8. The number of para-hydroxylation sites is 1. The first kappa shape index (κ1) is 36.0. The molecule has 5 aliphatic rings.